The molecule has 1 aromatic rings. The molecule has 0 spiro atoms. The fourth-order valence-corrected chi connectivity index (χ4v) is 2.84. The Morgan fingerprint density at radius 1 is 1.35 bits per heavy atom. The topological polar surface area (TPSA) is 55.1 Å². The average Bonchev–Trinajstić information content (AvgIpc) is 2.39. The number of carbonyl (C=O) groups excluding carboxylic acids is 1. The van der Waals surface area contributed by atoms with Crippen molar-refractivity contribution in [2.45, 2.75) is 51.5 Å². The fraction of sp³-hybridized carbons (Fsp3) is 0.562. The molecule has 1 amide bonds. The summed E-state index contributed by atoms with van der Waals surface area (Å²) in [5, 5.41) is 3.00. The molecule has 4 heteroatoms. The predicted octanol–water partition coefficient (Wildman–Crippen LogP) is 3.52. The maximum absolute atomic E-state index is 12.3. The van der Waals surface area contributed by atoms with Gasteiger partial charge in [-0.3, -0.25) is 4.79 Å². The fourth-order valence-electron chi connectivity index (χ4n) is 2.84. The smallest absolute Gasteiger partial charge is 0.229 e. The predicted molar refractivity (Wildman–Crippen MR) is 86.2 cm³/mol. The van der Waals surface area contributed by atoms with Crippen LogP contribution in [0.1, 0.15) is 45.1 Å². The molecule has 2 atom stereocenters. The third-order valence-electron chi connectivity index (χ3n) is 4.20. The number of anilines is 1. The van der Waals surface area contributed by atoms with Crippen LogP contribution in [0.3, 0.4) is 0 Å². The monoisotopic (exact) mass is 296 g/mol. The lowest BCUT2D eigenvalue weighted by Gasteiger charge is -2.37. The molecule has 3 N–H and O–H groups in total. The Labute approximate surface area is 127 Å². The Kier molecular flexibility index (Phi) is 6.03. The van der Waals surface area contributed by atoms with Gasteiger partial charge < -0.3 is 11.1 Å². The van der Waals surface area contributed by atoms with Gasteiger partial charge in [-0.05, 0) is 43.9 Å². The number of benzene rings is 1. The number of nitrogens with two attached hydrogens (primary N) is 1. The van der Waals surface area contributed by atoms with E-state index in [1.165, 1.54) is 5.56 Å². The SMILES string of the molecule is CCc1ccc(NC(=O)C2CCCCC2(C)N)cc1.Cl. The summed E-state index contributed by atoms with van der Waals surface area (Å²) >= 11 is 0. The van der Waals surface area contributed by atoms with Crippen LogP contribution in [0.5, 0.6) is 0 Å². The minimum absolute atomic E-state index is 0. The standard InChI is InChI=1S/C16H24N2O.ClH/c1-3-12-7-9-13(10-8-12)18-15(19)14-6-4-5-11-16(14,2)17;/h7-10,14H,3-6,11,17H2,1-2H3,(H,18,19);1H. The van der Waals surface area contributed by atoms with Crippen molar-refractivity contribution in [3.8, 4) is 0 Å². The van der Waals surface area contributed by atoms with Crippen LogP contribution in [0, 0.1) is 5.92 Å². The summed E-state index contributed by atoms with van der Waals surface area (Å²) in [5.74, 6) is -0.0129. The minimum Gasteiger partial charge on any atom is -0.326 e. The summed E-state index contributed by atoms with van der Waals surface area (Å²) in [7, 11) is 0. The van der Waals surface area contributed by atoms with Crippen LogP contribution in [0.2, 0.25) is 0 Å². The van der Waals surface area contributed by atoms with E-state index in [1.807, 2.05) is 19.1 Å². The molecule has 1 aromatic carbocycles. The van der Waals surface area contributed by atoms with Gasteiger partial charge in [0, 0.05) is 11.2 Å². The molecule has 1 aliphatic carbocycles. The van der Waals surface area contributed by atoms with Gasteiger partial charge in [0.1, 0.15) is 0 Å². The zero-order valence-electron chi connectivity index (χ0n) is 12.3. The van der Waals surface area contributed by atoms with Gasteiger partial charge in [0.05, 0.1) is 5.92 Å². The number of hydrogen-bond donors (Lipinski definition) is 2. The summed E-state index contributed by atoms with van der Waals surface area (Å²) in [6.07, 6.45) is 5.06. The van der Waals surface area contributed by atoms with E-state index in [2.05, 4.69) is 24.4 Å². The van der Waals surface area contributed by atoms with E-state index in [1.54, 1.807) is 0 Å². The van der Waals surface area contributed by atoms with Gasteiger partial charge in [0.25, 0.3) is 0 Å². The molecule has 2 rings (SSSR count). The molecule has 2 unspecified atom stereocenters. The highest BCUT2D eigenvalue weighted by atomic mass is 35.5. The van der Waals surface area contributed by atoms with Crippen molar-refractivity contribution in [3.05, 3.63) is 29.8 Å². The van der Waals surface area contributed by atoms with Crippen LogP contribution in [0.4, 0.5) is 5.69 Å². The van der Waals surface area contributed by atoms with Crippen LogP contribution < -0.4 is 11.1 Å². The summed E-state index contributed by atoms with van der Waals surface area (Å²) in [6.45, 7) is 4.12. The first-order chi connectivity index (χ1) is 9.03. The lowest BCUT2D eigenvalue weighted by Crippen LogP contribution is -2.51. The normalized spacial score (nSPS) is 25.6. The Hall–Kier alpha value is -1.06. The van der Waals surface area contributed by atoms with Gasteiger partial charge in [-0.1, -0.05) is 31.9 Å². The van der Waals surface area contributed by atoms with Gasteiger partial charge in [0.2, 0.25) is 5.91 Å². The Morgan fingerprint density at radius 2 is 2.00 bits per heavy atom. The number of hydrogen-bond acceptors (Lipinski definition) is 2. The van der Waals surface area contributed by atoms with E-state index in [4.69, 9.17) is 5.73 Å². The highest BCUT2D eigenvalue weighted by molar-refractivity contribution is 5.93. The summed E-state index contributed by atoms with van der Waals surface area (Å²) in [6, 6.07) is 8.04. The molecular formula is C16H25ClN2O. The van der Waals surface area contributed by atoms with Crippen molar-refractivity contribution in [1.82, 2.24) is 0 Å². The Bertz CT molecular complexity index is 442. The number of aryl methyl sites for hydroxylation is 1. The molecule has 1 fully saturated rings. The van der Waals surface area contributed by atoms with Gasteiger partial charge in [-0.25, -0.2) is 0 Å². The largest absolute Gasteiger partial charge is 0.326 e. The molecule has 0 aromatic heterocycles. The zero-order valence-corrected chi connectivity index (χ0v) is 13.1. The first-order valence-electron chi connectivity index (χ1n) is 7.21. The maximum Gasteiger partial charge on any atom is 0.229 e. The van der Waals surface area contributed by atoms with Crippen LogP contribution in [0.15, 0.2) is 24.3 Å². The molecule has 20 heavy (non-hydrogen) atoms. The van der Waals surface area contributed by atoms with Gasteiger partial charge in [0.15, 0.2) is 0 Å². The Morgan fingerprint density at radius 3 is 2.55 bits per heavy atom. The summed E-state index contributed by atoms with van der Waals surface area (Å²) in [4.78, 5) is 12.3. The van der Waals surface area contributed by atoms with Crippen molar-refractivity contribution in [1.29, 1.82) is 0 Å². The highest BCUT2D eigenvalue weighted by Gasteiger charge is 2.37. The number of carbonyl (C=O) groups is 1. The van der Waals surface area contributed by atoms with E-state index in [0.29, 0.717) is 0 Å². The molecule has 0 bridgehead atoms. The molecular weight excluding hydrogens is 272 g/mol. The lowest BCUT2D eigenvalue weighted by molar-refractivity contribution is -0.122. The Balaban J connectivity index is 0.00000200. The van der Waals surface area contributed by atoms with Crippen molar-refractivity contribution >= 4 is 24.0 Å². The molecule has 1 aliphatic rings. The quantitative estimate of drug-likeness (QED) is 0.897. The van der Waals surface area contributed by atoms with E-state index >= 15 is 0 Å². The highest BCUT2D eigenvalue weighted by Crippen LogP contribution is 2.32. The molecule has 1 saturated carbocycles. The molecule has 3 nitrogen and oxygen atoms in total. The second kappa shape index (κ2) is 7.09. The number of nitrogens with one attached hydrogen (secondary N) is 1. The van der Waals surface area contributed by atoms with Crippen LogP contribution in [0.25, 0.3) is 0 Å². The number of amides is 1. The van der Waals surface area contributed by atoms with Crippen molar-refractivity contribution in [2.24, 2.45) is 11.7 Å². The van der Waals surface area contributed by atoms with Crippen LogP contribution in [-0.2, 0) is 11.2 Å². The second-order valence-corrected chi connectivity index (χ2v) is 5.84. The molecule has 0 radical (unpaired) electrons. The first kappa shape index (κ1) is 17.0. The van der Waals surface area contributed by atoms with E-state index < -0.39 is 0 Å². The maximum atomic E-state index is 12.3. The van der Waals surface area contributed by atoms with Gasteiger partial charge in [-0.15, -0.1) is 12.4 Å². The first-order valence-corrected chi connectivity index (χ1v) is 7.21. The van der Waals surface area contributed by atoms with Crippen LogP contribution in [-0.4, -0.2) is 11.4 Å². The third-order valence-corrected chi connectivity index (χ3v) is 4.20. The van der Waals surface area contributed by atoms with Crippen molar-refractivity contribution < 1.29 is 4.79 Å². The van der Waals surface area contributed by atoms with Gasteiger partial charge >= 0.3 is 0 Å². The number of halogens is 1. The second-order valence-electron chi connectivity index (χ2n) is 5.84. The van der Waals surface area contributed by atoms with E-state index in [9.17, 15) is 4.79 Å². The minimum atomic E-state index is -0.369. The number of rotatable bonds is 3. The average molecular weight is 297 g/mol. The molecule has 0 aliphatic heterocycles. The third kappa shape index (κ3) is 3.97. The van der Waals surface area contributed by atoms with Crippen molar-refractivity contribution in [2.75, 3.05) is 5.32 Å². The summed E-state index contributed by atoms with van der Waals surface area (Å²) < 4.78 is 0. The lowest BCUT2D eigenvalue weighted by atomic mass is 9.74. The van der Waals surface area contributed by atoms with Gasteiger partial charge in [-0.2, -0.15) is 0 Å². The van der Waals surface area contributed by atoms with Crippen LogP contribution >= 0.6 is 12.4 Å². The summed E-state index contributed by atoms with van der Waals surface area (Å²) in [5.41, 5.74) is 8.03. The van der Waals surface area contributed by atoms with Crippen molar-refractivity contribution in [3.63, 3.8) is 0 Å². The molecule has 0 heterocycles. The van der Waals surface area contributed by atoms with E-state index in [0.717, 1.165) is 37.8 Å². The molecule has 0 saturated heterocycles. The molecule has 112 valence electrons. The van der Waals surface area contributed by atoms with E-state index in [-0.39, 0.29) is 29.8 Å². The zero-order chi connectivity index (χ0) is 13.9.